The van der Waals surface area contributed by atoms with Crippen LogP contribution in [0.3, 0.4) is 0 Å². The summed E-state index contributed by atoms with van der Waals surface area (Å²) in [5, 5.41) is 0. The van der Waals surface area contributed by atoms with Crippen LogP contribution in [0.1, 0.15) is 30.6 Å². The van der Waals surface area contributed by atoms with E-state index in [0.717, 1.165) is 6.42 Å². The van der Waals surface area contributed by atoms with Crippen LogP contribution in [0.5, 0.6) is 0 Å². The van der Waals surface area contributed by atoms with E-state index in [-0.39, 0.29) is 17.5 Å². The van der Waals surface area contributed by atoms with E-state index in [1.165, 1.54) is 12.1 Å². The van der Waals surface area contributed by atoms with E-state index in [0.29, 0.717) is 9.13 Å². The van der Waals surface area contributed by atoms with Crippen LogP contribution in [0, 0.1) is 15.3 Å². The molecule has 0 aromatic heterocycles. The van der Waals surface area contributed by atoms with Crippen LogP contribution in [-0.4, -0.2) is 5.78 Å². The van der Waals surface area contributed by atoms with Crippen LogP contribution in [-0.2, 0) is 0 Å². The van der Waals surface area contributed by atoms with Crippen LogP contribution >= 0.6 is 22.6 Å². The summed E-state index contributed by atoms with van der Waals surface area (Å²) in [6.45, 7) is 3.86. The van der Waals surface area contributed by atoms with Gasteiger partial charge in [-0.05, 0) is 47.2 Å². The highest BCUT2D eigenvalue weighted by Crippen LogP contribution is 2.18. The zero-order chi connectivity index (χ0) is 10.7. The minimum absolute atomic E-state index is 0.00831. The summed E-state index contributed by atoms with van der Waals surface area (Å²) < 4.78 is 13.5. The number of rotatable bonds is 3. The smallest absolute Gasteiger partial charge is 0.166 e. The molecule has 0 saturated heterocycles. The number of Topliss-reactive ketones (excluding diaryl/α,β-unsaturated/α-hetero) is 1. The maximum atomic E-state index is 12.8. The molecule has 14 heavy (non-hydrogen) atoms. The van der Waals surface area contributed by atoms with Gasteiger partial charge in [0.15, 0.2) is 5.78 Å². The predicted octanol–water partition coefficient (Wildman–Crippen LogP) is 3.66. The summed E-state index contributed by atoms with van der Waals surface area (Å²) in [6.07, 6.45) is 0.812. The Kier molecular flexibility index (Phi) is 4.04. The molecule has 0 amide bonds. The van der Waals surface area contributed by atoms with Crippen molar-refractivity contribution >= 4 is 28.4 Å². The monoisotopic (exact) mass is 306 g/mol. The SMILES string of the molecule is CCC(C)C(=O)c1ccc(F)cc1I. The normalized spacial score (nSPS) is 12.6. The van der Waals surface area contributed by atoms with Crippen molar-refractivity contribution in [3.8, 4) is 0 Å². The summed E-state index contributed by atoms with van der Waals surface area (Å²) in [5.41, 5.74) is 0.626. The van der Waals surface area contributed by atoms with Crippen LogP contribution in [0.2, 0.25) is 0 Å². The van der Waals surface area contributed by atoms with E-state index in [1.807, 2.05) is 36.4 Å². The lowest BCUT2D eigenvalue weighted by Gasteiger charge is -2.08. The highest BCUT2D eigenvalue weighted by Gasteiger charge is 2.15. The van der Waals surface area contributed by atoms with Gasteiger partial charge in [0.1, 0.15) is 5.82 Å². The molecular formula is C11H12FIO. The Morgan fingerprint density at radius 3 is 2.71 bits per heavy atom. The van der Waals surface area contributed by atoms with E-state index in [4.69, 9.17) is 0 Å². The molecule has 1 aromatic rings. The molecule has 1 aromatic carbocycles. The molecule has 76 valence electrons. The second-order valence-electron chi connectivity index (χ2n) is 3.30. The molecule has 0 fully saturated rings. The second-order valence-corrected chi connectivity index (χ2v) is 4.46. The third-order valence-electron chi connectivity index (χ3n) is 2.26. The average Bonchev–Trinajstić information content (AvgIpc) is 2.15. The van der Waals surface area contributed by atoms with Crippen molar-refractivity contribution in [2.24, 2.45) is 5.92 Å². The van der Waals surface area contributed by atoms with E-state index >= 15 is 0 Å². The molecule has 1 atom stereocenters. The van der Waals surface area contributed by atoms with Crippen molar-refractivity contribution in [1.29, 1.82) is 0 Å². The van der Waals surface area contributed by atoms with Crippen LogP contribution in [0.25, 0.3) is 0 Å². The molecule has 0 bridgehead atoms. The number of hydrogen-bond donors (Lipinski definition) is 0. The molecule has 0 aliphatic carbocycles. The molecule has 0 spiro atoms. The fourth-order valence-corrected chi connectivity index (χ4v) is 1.88. The standard InChI is InChI=1S/C11H12FIO/c1-3-7(2)11(14)9-5-4-8(12)6-10(9)13/h4-7H,3H2,1-2H3. The van der Waals surface area contributed by atoms with Crippen molar-refractivity contribution in [3.63, 3.8) is 0 Å². The Morgan fingerprint density at radius 1 is 1.57 bits per heavy atom. The first-order valence-corrected chi connectivity index (χ1v) is 5.63. The van der Waals surface area contributed by atoms with Crippen molar-refractivity contribution in [2.45, 2.75) is 20.3 Å². The van der Waals surface area contributed by atoms with Crippen molar-refractivity contribution in [1.82, 2.24) is 0 Å². The van der Waals surface area contributed by atoms with Gasteiger partial charge in [0.2, 0.25) is 0 Å². The van der Waals surface area contributed by atoms with Gasteiger partial charge in [-0.3, -0.25) is 4.79 Å². The Morgan fingerprint density at radius 2 is 2.21 bits per heavy atom. The first-order chi connectivity index (χ1) is 6.56. The highest BCUT2D eigenvalue weighted by molar-refractivity contribution is 14.1. The third-order valence-corrected chi connectivity index (χ3v) is 3.15. The highest BCUT2D eigenvalue weighted by atomic mass is 127. The van der Waals surface area contributed by atoms with Crippen LogP contribution in [0.15, 0.2) is 18.2 Å². The number of ketones is 1. The topological polar surface area (TPSA) is 17.1 Å². The third kappa shape index (κ3) is 2.53. The van der Waals surface area contributed by atoms with Crippen LogP contribution in [0.4, 0.5) is 4.39 Å². The number of carbonyl (C=O) groups is 1. The Balaban J connectivity index is 3.02. The number of halogens is 2. The minimum atomic E-state index is -0.296. The van der Waals surface area contributed by atoms with E-state index in [9.17, 15) is 9.18 Å². The molecule has 1 rings (SSSR count). The van der Waals surface area contributed by atoms with Gasteiger partial charge < -0.3 is 0 Å². The molecule has 0 aliphatic rings. The lowest BCUT2D eigenvalue weighted by atomic mass is 9.97. The van der Waals surface area contributed by atoms with Gasteiger partial charge in [-0.15, -0.1) is 0 Å². The van der Waals surface area contributed by atoms with Gasteiger partial charge >= 0.3 is 0 Å². The summed E-state index contributed by atoms with van der Waals surface area (Å²) in [7, 11) is 0. The summed E-state index contributed by atoms with van der Waals surface area (Å²) in [4.78, 5) is 11.8. The molecule has 1 nitrogen and oxygen atoms in total. The first kappa shape index (κ1) is 11.6. The minimum Gasteiger partial charge on any atom is -0.294 e. The zero-order valence-electron chi connectivity index (χ0n) is 8.18. The molecule has 3 heteroatoms. The number of hydrogen-bond acceptors (Lipinski definition) is 1. The summed E-state index contributed by atoms with van der Waals surface area (Å²) in [6, 6.07) is 4.28. The first-order valence-electron chi connectivity index (χ1n) is 4.55. The largest absolute Gasteiger partial charge is 0.294 e. The van der Waals surface area contributed by atoms with Crippen molar-refractivity contribution in [2.75, 3.05) is 0 Å². The van der Waals surface area contributed by atoms with Gasteiger partial charge in [-0.1, -0.05) is 13.8 Å². The van der Waals surface area contributed by atoms with Crippen molar-refractivity contribution in [3.05, 3.63) is 33.1 Å². The molecule has 0 aliphatic heterocycles. The van der Waals surface area contributed by atoms with Gasteiger partial charge in [0.25, 0.3) is 0 Å². The lowest BCUT2D eigenvalue weighted by Crippen LogP contribution is -2.11. The summed E-state index contributed by atoms with van der Waals surface area (Å²) in [5.74, 6) is -0.194. The van der Waals surface area contributed by atoms with Gasteiger partial charge in [0, 0.05) is 15.1 Å². The molecule has 0 N–H and O–H groups in total. The van der Waals surface area contributed by atoms with Gasteiger partial charge in [-0.25, -0.2) is 4.39 Å². The fourth-order valence-electron chi connectivity index (χ4n) is 1.14. The van der Waals surface area contributed by atoms with Crippen molar-refractivity contribution < 1.29 is 9.18 Å². The molecule has 0 saturated carbocycles. The quantitative estimate of drug-likeness (QED) is 0.615. The number of benzene rings is 1. The Hall–Kier alpha value is -0.450. The predicted molar refractivity (Wildman–Crippen MR) is 62.9 cm³/mol. The van der Waals surface area contributed by atoms with Gasteiger partial charge in [-0.2, -0.15) is 0 Å². The molecule has 1 unspecified atom stereocenters. The Labute approximate surface area is 96.8 Å². The van der Waals surface area contributed by atoms with Crippen LogP contribution < -0.4 is 0 Å². The Bertz CT molecular complexity index is 349. The maximum absolute atomic E-state index is 12.8. The number of carbonyl (C=O) groups excluding carboxylic acids is 1. The molecular weight excluding hydrogens is 294 g/mol. The second kappa shape index (κ2) is 4.87. The van der Waals surface area contributed by atoms with Gasteiger partial charge in [0.05, 0.1) is 0 Å². The van der Waals surface area contributed by atoms with E-state index < -0.39 is 0 Å². The summed E-state index contributed by atoms with van der Waals surface area (Å²) >= 11 is 1.99. The van der Waals surface area contributed by atoms with E-state index in [2.05, 4.69) is 0 Å². The lowest BCUT2D eigenvalue weighted by molar-refractivity contribution is 0.0926. The molecule has 0 heterocycles. The maximum Gasteiger partial charge on any atom is 0.166 e. The fraction of sp³-hybridized carbons (Fsp3) is 0.364. The zero-order valence-corrected chi connectivity index (χ0v) is 10.3. The van der Waals surface area contributed by atoms with E-state index in [1.54, 1.807) is 6.07 Å². The average molecular weight is 306 g/mol. The molecule has 0 radical (unpaired) electrons.